The Morgan fingerprint density at radius 3 is 2.35 bits per heavy atom. The molecule has 94 valence electrons. The van der Waals surface area contributed by atoms with Gasteiger partial charge in [-0.05, 0) is 37.1 Å². The molecule has 1 aromatic rings. The fraction of sp³-hybridized carbons (Fsp3) is 0.300. The minimum Gasteiger partial charge on any atom is -0.398 e. The number of hydrogen-bond acceptors (Lipinski definition) is 4. The lowest BCUT2D eigenvalue weighted by Crippen LogP contribution is -2.37. The van der Waals surface area contributed by atoms with Crippen LogP contribution in [0.4, 0.5) is 10.5 Å². The van der Waals surface area contributed by atoms with Gasteiger partial charge >= 0.3 is 6.03 Å². The first-order valence-electron chi connectivity index (χ1n) is 4.89. The molecular weight excluding hydrogens is 242 g/mol. The van der Waals surface area contributed by atoms with E-state index >= 15 is 0 Å². The summed E-state index contributed by atoms with van der Waals surface area (Å²) in [6.45, 7) is 3.55. The van der Waals surface area contributed by atoms with Crippen molar-refractivity contribution in [1.82, 2.24) is 10.0 Å². The average molecular weight is 257 g/mol. The van der Waals surface area contributed by atoms with Crippen LogP contribution in [0.1, 0.15) is 11.1 Å². The molecule has 0 spiro atoms. The molecule has 0 fully saturated rings. The second-order valence-corrected chi connectivity index (χ2v) is 5.32. The number of carbonyl (C=O) groups is 1. The molecule has 0 aliphatic rings. The van der Waals surface area contributed by atoms with Gasteiger partial charge in [0.05, 0.1) is 4.90 Å². The number of sulfonamides is 1. The van der Waals surface area contributed by atoms with Gasteiger partial charge in [-0.15, -0.1) is 0 Å². The van der Waals surface area contributed by atoms with Gasteiger partial charge in [0.2, 0.25) is 0 Å². The van der Waals surface area contributed by atoms with E-state index in [4.69, 9.17) is 5.73 Å². The van der Waals surface area contributed by atoms with Crippen molar-refractivity contribution in [3.63, 3.8) is 0 Å². The molecule has 1 rings (SSSR count). The summed E-state index contributed by atoms with van der Waals surface area (Å²) in [5.74, 6) is 0. The highest BCUT2D eigenvalue weighted by Crippen LogP contribution is 2.21. The topological polar surface area (TPSA) is 101 Å². The first-order valence-corrected chi connectivity index (χ1v) is 6.37. The van der Waals surface area contributed by atoms with Crippen molar-refractivity contribution in [2.75, 3.05) is 12.8 Å². The predicted octanol–water partition coefficient (Wildman–Crippen LogP) is 0.503. The molecule has 0 saturated heterocycles. The van der Waals surface area contributed by atoms with Crippen LogP contribution in [-0.2, 0) is 10.0 Å². The zero-order chi connectivity index (χ0) is 13.2. The summed E-state index contributed by atoms with van der Waals surface area (Å²) in [6, 6.07) is 2.01. The zero-order valence-corrected chi connectivity index (χ0v) is 10.7. The van der Waals surface area contributed by atoms with Crippen molar-refractivity contribution < 1.29 is 13.2 Å². The van der Waals surface area contributed by atoms with E-state index in [0.29, 0.717) is 5.69 Å². The van der Waals surface area contributed by atoms with Gasteiger partial charge in [-0.2, -0.15) is 0 Å². The molecule has 0 radical (unpaired) electrons. The van der Waals surface area contributed by atoms with E-state index in [1.807, 2.05) is 4.72 Å². The fourth-order valence-electron chi connectivity index (χ4n) is 1.24. The van der Waals surface area contributed by atoms with Crippen LogP contribution in [0.2, 0.25) is 0 Å². The molecule has 7 heteroatoms. The van der Waals surface area contributed by atoms with E-state index < -0.39 is 16.1 Å². The highest BCUT2D eigenvalue weighted by Gasteiger charge is 2.18. The molecule has 0 atom stereocenters. The van der Waals surface area contributed by atoms with Gasteiger partial charge in [0, 0.05) is 12.7 Å². The lowest BCUT2D eigenvalue weighted by molar-refractivity contribution is 0.248. The van der Waals surface area contributed by atoms with Crippen molar-refractivity contribution in [3.8, 4) is 0 Å². The Hall–Kier alpha value is -1.76. The highest BCUT2D eigenvalue weighted by molar-refractivity contribution is 7.90. The van der Waals surface area contributed by atoms with Crippen molar-refractivity contribution in [2.45, 2.75) is 18.7 Å². The molecule has 0 aliphatic carbocycles. The third-order valence-corrected chi connectivity index (χ3v) is 3.76. The predicted molar refractivity (Wildman–Crippen MR) is 65.1 cm³/mol. The summed E-state index contributed by atoms with van der Waals surface area (Å²) in [5.41, 5.74) is 7.64. The first-order chi connectivity index (χ1) is 7.77. The maximum Gasteiger partial charge on any atom is 0.328 e. The zero-order valence-electron chi connectivity index (χ0n) is 9.87. The largest absolute Gasteiger partial charge is 0.398 e. The summed E-state index contributed by atoms with van der Waals surface area (Å²) in [6.07, 6.45) is 0. The lowest BCUT2D eigenvalue weighted by Gasteiger charge is -2.10. The lowest BCUT2D eigenvalue weighted by atomic mass is 10.1. The number of aryl methyl sites for hydroxylation is 1. The quantitative estimate of drug-likeness (QED) is 0.671. The van der Waals surface area contributed by atoms with Crippen LogP contribution in [0.15, 0.2) is 17.0 Å². The van der Waals surface area contributed by atoms with Crippen molar-refractivity contribution in [2.24, 2.45) is 0 Å². The Kier molecular flexibility index (Phi) is 3.62. The van der Waals surface area contributed by atoms with Gasteiger partial charge in [-0.3, -0.25) is 0 Å². The van der Waals surface area contributed by atoms with Gasteiger partial charge in [-0.25, -0.2) is 17.9 Å². The number of rotatable bonds is 2. The second-order valence-electron chi connectivity index (χ2n) is 3.64. The van der Waals surface area contributed by atoms with E-state index in [-0.39, 0.29) is 4.90 Å². The summed E-state index contributed by atoms with van der Waals surface area (Å²) in [5, 5.41) is 2.17. The monoisotopic (exact) mass is 257 g/mol. The van der Waals surface area contributed by atoms with Crippen molar-refractivity contribution >= 4 is 21.7 Å². The first kappa shape index (κ1) is 13.3. The highest BCUT2D eigenvalue weighted by atomic mass is 32.2. The molecule has 4 N–H and O–H groups in total. The van der Waals surface area contributed by atoms with Crippen LogP contribution in [-0.4, -0.2) is 21.5 Å². The number of amides is 2. The molecule has 0 bridgehead atoms. The Morgan fingerprint density at radius 2 is 1.88 bits per heavy atom. The number of nitrogens with two attached hydrogens (primary N) is 1. The van der Waals surface area contributed by atoms with Crippen molar-refractivity contribution in [3.05, 3.63) is 23.3 Å². The summed E-state index contributed by atoms with van der Waals surface area (Å²) < 4.78 is 25.4. The minimum atomic E-state index is -3.88. The second kappa shape index (κ2) is 4.62. The summed E-state index contributed by atoms with van der Waals surface area (Å²) in [4.78, 5) is 11.0. The Morgan fingerprint density at radius 1 is 1.29 bits per heavy atom. The van der Waals surface area contributed by atoms with E-state index in [2.05, 4.69) is 5.32 Å². The van der Waals surface area contributed by atoms with Crippen LogP contribution in [0.25, 0.3) is 0 Å². The van der Waals surface area contributed by atoms with Gasteiger partial charge in [-0.1, -0.05) is 0 Å². The average Bonchev–Trinajstić information content (AvgIpc) is 2.24. The maximum atomic E-state index is 11.8. The maximum absolute atomic E-state index is 11.8. The van der Waals surface area contributed by atoms with Gasteiger partial charge in [0.1, 0.15) is 0 Å². The van der Waals surface area contributed by atoms with E-state index in [9.17, 15) is 13.2 Å². The standard InChI is InChI=1S/C10H15N3O3S/c1-6-4-8(5-9(11)7(6)2)17(15,16)13-10(14)12-3/h4-5H,11H2,1-3H3,(H2,12,13,14). The van der Waals surface area contributed by atoms with Crippen LogP contribution in [0, 0.1) is 13.8 Å². The van der Waals surface area contributed by atoms with E-state index in [1.165, 1.54) is 19.2 Å². The summed E-state index contributed by atoms with van der Waals surface area (Å²) >= 11 is 0. The molecule has 17 heavy (non-hydrogen) atoms. The third kappa shape index (κ3) is 2.88. The molecule has 0 aromatic heterocycles. The van der Waals surface area contributed by atoms with Crippen LogP contribution < -0.4 is 15.8 Å². The van der Waals surface area contributed by atoms with Crippen LogP contribution in [0.5, 0.6) is 0 Å². The normalized spacial score (nSPS) is 11.0. The molecule has 0 aliphatic heterocycles. The Labute approximate surface area is 100 Å². The number of carbonyl (C=O) groups excluding carboxylic acids is 1. The van der Waals surface area contributed by atoms with Gasteiger partial charge in [0.15, 0.2) is 0 Å². The molecule has 2 amide bonds. The Balaban J connectivity index is 3.21. The summed E-state index contributed by atoms with van der Waals surface area (Å²) in [7, 11) is -2.54. The molecule has 0 saturated carbocycles. The molecular formula is C10H15N3O3S. The van der Waals surface area contributed by atoms with E-state index in [0.717, 1.165) is 11.1 Å². The van der Waals surface area contributed by atoms with Crippen molar-refractivity contribution in [1.29, 1.82) is 0 Å². The molecule has 1 aromatic carbocycles. The smallest absolute Gasteiger partial charge is 0.328 e. The number of urea groups is 1. The van der Waals surface area contributed by atoms with Crippen LogP contribution in [0.3, 0.4) is 0 Å². The molecule has 0 unspecified atom stereocenters. The van der Waals surface area contributed by atoms with E-state index in [1.54, 1.807) is 13.8 Å². The third-order valence-electron chi connectivity index (χ3n) is 2.45. The molecule has 6 nitrogen and oxygen atoms in total. The number of benzene rings is 1. The van der Waals surface area contributed by atoms with Gasteiger partial charge < -0.3 is 11.1 Å². The number of anilines is 1. The number of nitrogens with one attached hydrogen (secondary N) is 2. The van der Waals surface area contributed by atoms with Crippen LogP contribution >= 0.6 is 0 Å². The minimum absolute atomic E-state index is 0.0262. The van der Waals surface area contributed by atoms with Gasteiger partial charge in [0.25, 0.3) is 10.0 Å². The SMILES string of the molecule is CNC(=O)NS(=O)(=O)c1cc(C)c(C)c(N)c1. The number of nitrogen functional groups attached to an aromatic ring is 1. The Bertz CT molecular complexity index is 529. The molecule has 0 heterocycles. The number of hydrogen-bond donors (Lipinski definition) is 3. The fourth-order valence-corrected chi connectivity index (χ4v) is 2.32.